The first kappa shape index (κ1) is 18.9. The highest BCUT2D eigenvalue weighted by molar-refractivity contribution is 6.32. The topological polar surface area (TPSA) is 59.0 Å². The number of hydrogen-bond acceptors (Lipinski definition) is 4. The number of amides is 2. The van der Waals surface area contributed by atoms with Crippen LogP contribution in [0.2, 0.25) is 5.02 Å². The zero-order valence-corrected chi connectivity index (χ0v) is 15.4. The molecule has 2 aromatic carbocycles. The van der Waals surface area contributed by atoms with Crippen molar-refractivity contribution in [3.63, 3.8) is 0 Å². The average Bonchev–Trinajstić information content (AvgIpc) is 2.67. The zero-order valence-electron chi connectivity index (χ0n) is 14.7. The van der Waals surface area contributed by atoms with Crippen LogP contribution in [0.3, 0.4) is 0 Å². The molecule has 0 aliphatic carbocycles. The van der Waals surface area contributed by atoms with Gasteiger partial charge in [-0.05, 0) is 29.8 Å². The Balaban J connectivity index is 1.91. The van der Waals surface area contributed by atoms with Gasteiger partial charge in [-0.15, -0.1) is 0 Å². The normalized spacial score (nSPS) is 16.5. The van der Waals surface area contributed by atoms with Crippen molar-refractivity contribution >= 4 is 35.3 Å². The van der Waals surface area contributed by atoms with Gasteiger partial charge in [-0.2, -0.15) is 0 Å². The molecule has 3 rings (SSSR count). The molecule has 27 heavy (non-hydrogen) atoms. The molecule has 0 spiro atoms. The SMILES string of the molecule is C=COCCCN=CC1C(=O)N(c2cccc(Cl)c2)C(=O)c2ccccc21. The highest BCUT2D eigenvalue weighted by atomic mass is 35.5. The van der Waals surface area contributed by atoms with Gasteiger partial charge >= 0.3 is 0 Å². The lowest BCUT2D eigenvalue weighted by Gasteiger charge is -2.31. The van der Waals surface area contributed by atoms with Crippen LogP contribution in [0, 0.1) is 0 Å². The molecule has 0 N–H and O–H groups in total. The third kappa shape index (κ3) is 4.09. The Hall–Kier alpha value is -2.92. The fourth-order valence-electron chi connectivity index (χ4n) is 2.96. The van der Waals surface area contributed by atoms with E-state index in [2.05, 4.69) is 11.6 Å². The second-order valence-corrected chi connectivity index (χ2v) is 6.41. The average molecular weight is 383 g/mol. The van der Waals surface area contributed by atoms with Gasteiger partial charge in [0.25, 0.3) is 5.91 Å². The van der Waals surface area contributed by atoms with Gasteiger partial charge in [0.2, 0.25) is 5.91 Å². The highest BCUT2D eigenvalue weighted by Gasteiger charge is 2.38. The Morgan fingerprint density at radius 1 is 1.19 bits per heavy atom. The van der Waals surface area contributed by atoms with Crippen molar-refractivity contribution in [3.05, 3.63) is 77.5 Å². The largest absolute Gasteiger partial charge is 0.502 e. The number of rotatable bonds is 7. The predicted octanol–water partition coefficient (Wildman–Crippen LogP) is 4.23. The minimum absolute atomic E-state index is 0.341. The summed E-state index contributed by atoms with van der Waals surface area (Å²) in [5.74, 6) is -1.33. The van der Waals surface area contributed by atoms with Crippen LogP contribution in [0.1, 0.15) is 28.3 Å². The molecular weight excluding hydrogens is 364 g/mol. The van der Waals surface area contributed by atoms with Crippen molar-refractivity contribution < 1.29 is 14.3 Å². The maximum atomic E-state index is 13.1. The van der Waals surface area contributed by atoms with Gasteiger partial charge in [0.05, 0.1) is 24.5 Å². The van der Waals surface area contributed by atoms with Crippen LogP contribution in [0.25, 0.3) is 0 Å². The first-order valence-corrected chi connectivity index (χ1v) is 8.96. The van der Waals surface area contributed by atoms with Gasteiger partial charge in [0.15, 0.2) is 0 Å². The van der Waals surface area contributed by atoms with Gasteiger partial charge in [0, 0.05) is 29.8 Å². The summed E-state index contributed by atoms with van der Waals surface area (Å²) in [5.41, 5.74) is 1.60. The van der Waals surface area contributed by atoms with Crippen LogP contribution in [-0.4, -0.2) is 31.2 Å². The number of imide groups is 1. The molecule has 1 aliphatic heterocycles. The molecule has 0 aromatic heterocycles. The second-order valence-electron chi connectivity index (χ2n) is 5.97. The lowest BCUT2D eigenvalue weighted by Crippen LogP contribution is -2.45. The smallest absolute Gasteiger partial charge is 0.265 e. The Labute approximate surface area is 162 Å². The van der Waals surface area contributed by atoms with Crippen LogP contribution >= 0.6 is 11.6 Å². The Bertz CT molecular complexity index is 895. The van der Waals surface area contributed by atoms with E-state index in [1.165, 1.54) is 11.2 Å². The molecule has 1 heterocycles. The molecule has 0 fully saturated rings. The van der Waals surface area contributed by atoms with Crippen molar-refractivity contribution in [2.75, 3.05) is 18.1 Å². The van der Waals surface area contributed by atoms with Crippen LogP contribution in [-0.2, 0) is 9.53 Å². The third-order valence-corrected chi connectivity index (χ3v) is 4.44. The fourth-order valence-corrected chi connectivity index (χ4v) is 3.15. The van der Waals surface area contributed by atoms with Crippen molar-refractivity contribution in [1.82, 2.24) is 0 Å². The summed E-state index contributed by atoms with van der Waals surface area (Å²) in [7, 11) is 0. The van der Waals surface area contributed by atoms with E-state index in [1.807, 2.05) is 6.07 Å². The number of hydrogen-bond donors (Lipinski definition) is 0. The summed E-state index contributed by atoms with van der Waals surface area (Å²) in [6.07, 6.45) is 3.71. The van der Waals surface area contributed by atoms with Gasteiger partial charge in [-0.3, -0.25) is 14.6 Å². The monoisotopic (exact) mass is 382 g/mol. The van der Waals surface area contributed by atoms with E-state index < -0.39 is 5.92 Å². The van der Waals surface area contributed by atoms with E-state index in [4.69, 9.17) is 16.3 Å². The number of halogens is 1. The summed E-state index contributed by atoms with van der Waals surface area (Å²) < 4.78 is 5.06. The number of carbonyl (C=O) groups excluding carboxylic acids is 2. The van der Waals surface area contributed by atoms with E-state index in [1.54, 1.807) is 48.7 Å². The molecular formula is C21H19ClN2O3. The molecule has 1 unspecified atom stereocenters. The Morgan fingerprint density at radius 2 is 2.00 bits per heavy atom. The van der Waals surface area contributed by atoms with Gasteiger partial charge in [0.1, 0.15) is 0 Å². The van der Waals surface area contributed by atoms with Gasteiger partial charge in [-0.1, -0.05) is 42.4 Å². The summed E-state index contributed by atoms with van der Waals surface area (Å²) in [6.45, 7) is 4.52. The standard InChI is InChI=1S/C21H19ClN2O3/c1-2-27-12-6-11-23-14-19-17-9-3-4-10-18(17)20(25)24(21(19)26)16-8-5-7-15(22)13-16/h2-5,7-10,13-14,19H,1,6,11-12H2. The molecule has 1 atom stereocenters. The molecule has 2 amide bonds. The van der Waals surface area contributed by atoms with Gasteiger partial charge < -0.3 is 4.74 Å². The van der Waals surface area contributed by atoms with E-state index >= 15 is 0 Å². The molecule has 0 saturated carbocycles. The molecule has 5 nitrogen and oxygen atoms in total. The molecule has 138 valence electrons. The predicted molar refractivity (Wildman–Crippen MR) is 107 cm³/mol. The Kier molecular flexibility index (Phi) is 6.04. The minimum Gasteiger partial charge on any atom is -0.502 e. The maximum Gasteiger partial charge on any atom is 0.265 e. The quantitative estimate of drug-likeness (QED) is 0.311. The van der Waals surface area contributed by atoms with E-state index in [9.17, 15) is 9.59 Å². The Morgan fingerprint density at radius 3 is 2.78 bits per heavy atom. The number of carbonyl (C=O) groups is 2. The van der Waals surface area contributed by atoms with E-state index in [0.29, 0.717) is 41.4 Å². The van der Waals surface area contributed by atoms with Crippen molar-refractivity contribution in [1.29, 1.82) is 0 Å². The maximum absolute atomic E-state index is 13.1. The fraction of sp³-hybridized carbons (Fsp3) is 0.190. The van der Waals surface area contributed by atoms with E-state index in [-0.39, 0.29) is 11.8 Å². The third-order valence-electron chi connectivity index (χ3n) is 4.20. The van der Waals surface area contributed by atoms with Crippen LogP contribution in [0.4, 0.5) is 5.69 Å². The highest BCUT2D eigenvalue weighted by Crippen LogP contribution is 2.32. The van der Waals surface area contributed by atoms with Crippen LogP contribution in [0.15, 0.2) is 66.4 Å². The number of aliphatic imine (C=N–C) groups is 1. The zero-order chi connectivity index (χ0) is 19.2. The summed E-state index contributed by atoms with van der Waals surface area (Å²) in [6, 6.07) is 13.8. The number of benzene rings is 2. The number of nitrogens with zero attached hydrogens (tertiary/aromatic N) is 2. The lowest BCUT2D eigenvalue weighted by atomic mass is 9.89. The number of ether oxygens (including phenoxy) is 1. The van der Waals surface area contributed by atoms with Gasteiger partial charge in [-0.25, -0.2) is 4.90 Å². The molecule has 1 aliphatic rings. The molecule has 6 heteroatoms. The van der Waals surface area contributed by atoms with Crippen molar-refractivity contribution in [3.8, 4) is 0 Å². The van der Waals surface area contributed by atoms with Crippen LogP contribution < -0.4 is 4.90 Å². The van der Waals surface area contributed by atoms with E-state index in [0.717, 1.165) is 0 Å². The summed E-state index contributed by atoms with van der Waals surface area (Å²) >= 11 is 6.05. The number of anilines is 1. The summed E-state index contributed by atoms with van der Waals surface area (Å²) in [5, 5.41) is 0.458. The number of fused-ring (bicyclic) bond motifs is 1. The lowest BCUT2D eigenvalue weighted by molar-refractivity contribution is -0.118. The molecule has 0 radical (unpaired) electrons. The van der Waals surface area contributed by atoms with Crippen molar-refractivity contribution in [2.24, 2.45) is 4.99 Å². The summed E-state index contributed by atoms with van der Waals surface area (Å²) in [4.78, 5) is 31.6. The first-order chi connectivity index (χ1) is 13.1. The second kappa shape index (κ2) is 8.64. The molecule has 2 aromatic rings. The van der Waals surface area contributed by atoms with Crippen LogP contribution in [0.5, 0.6) is 0 Å². The molecule has 0 bridgehead atoms. The molecule has 0 saturated heterocycles. The first-order valence-electron chi connectivity index (χ1n) is 8.58. The van der Waals surface area contributed by atoms with Crippen molar-refractivity contribution in [2.45, 2.75) is 12.3 Å². The minimum atomic E-state index is -0.627.